The van der Waals surface area contributed by atoms with Crippen LogP contribution in [0, 0.1) is 0 Å². The van der Waals surface area contributed by atoms with E-state index in [9.17, 15) is 0 Å². The molecule has 0 bridgehead atoms. The van der Waals surface area contributed by atoms with Gasteiger partial charge in [-0.3, -0.25) is 0 Å². The lowest BCUT2D eigenvalue weighted by molar-refractivity contribution is 0.367. The molecule has 0 aliphatic rings. The van der Waals surface area contributed by atoms with Crippen molar-refractivity contribution < 1.29 is 0 Å². The second-order valence-corrected chi connectivity index (χ2v) is 6.92. The third kappa shape index (κ3) is 2.51. The molecule has 0 unspecified atom stereocenters. The maximum absolute atomic E-state index is 6.11. The standard InChI is InChI=1S/C15H15Cl2N5/c1-15(2,3)22-14-11(13(18)19-7-20-14)12(21-22)8-4-9(16)6-10(17)5-8/h4-7H,1-3H3,(H2,18,19,20). The summed E-state index contributed by atoms with van der Waals surface area (Å²) in [7, 11) is 0. The minimum Gasteiger partial charge on any atom is -0.383 e. The van der Waals surface area contributed by atoms with Crippen molar-refractivity contribution in [2.75, 3.05) is 5.73 Å². The van der Waals surface area contributed by atoms with Crippen LogP contribution >= 0.6 is 23.2 Å². The highest BCUT2D eigenvalue weighted by molar-refractivity contribution is 6.35. The average Bonchev–Trinajstić information content (AvgIpc) is 2.78. The largest absolute Gasteiger partial charge is 0.383 e. The Bertz CT molecular complexity index is 844. The average molecular weight is 336 g/mol. The van der Waals surface area contributed by atoms with Crippen LogP contribution in [0.3, 0.4) is 0 Å². The lowest BCUT2D eigenvalue weighted by Crippen LogP contribution is -2.23. The Morgan fingerprint density at radius 2 is 1.68 bits per heavy atom. The fraction of sp³-hybridized carbons (Fsp3) is 0.267. The van der Waals surface area contributed by atoms with Crippen LogP contribution in [0.2, 0.25) is 10.0 Å². The van der Waals surface area contributed by atoms with Crippen molar-refractivity contribution in [3.63, 3.8) is 0 Å². The summed E-state index contributed by atoms with van der Waals surface area (Å²) in [4.78, 5) is 8.42. The number of hydrogen-bond donors (Lipinski definition) is 1. The molecule has 1 aromatic carbocycles. The molecule has 2 N–H and O–H groups in total. The normalized spacial score (nSPS) is 12.0. The molecule has 0 amide bonds. The van der Waals surface area contributed by atoms with Gasteiger partial charge in [0.25, 0.3) is 0 Å². The minimum absolute atomic E-state index is 0.250. The molecule has 22 heavy (non-hydrogen) atoms. The molecule has 7 heteroatoms. The molecule has 0 saturated carbocycles. The third-order valence-corrected chi connectivity index (χ3v) is 3.70. The Balaban J connectivity index is 2.39. The summed E-state index contributed by atoms with van der Waals surface area (Å²) in [6.07, 6.45) is 1.44. The third-order valence-electron chi connectivity index (χ3n) is 3.27. The molecule has 0 radical (unpaired) electrons. The number of anilines is 1. The zero-order chi connectivity index (χ0) is 16.1. The lowest BCUT2D eigenvalue weighted by atomic mass is 10.1. The topological polar surface area (TPSA) is 69.6 Å². The summed E-state index contributed by atoms with van der Waals surface area (Å²) >= 11 is 12.2. The van der Waals surface area contributed by atoms with Gasteiger partial charge in [0.15, 0.2) is 5.65 Å². The Kier molecular flexibility index (Phi) is 3.50. The first-order valence-electron chi connectivity index (χ1n) is 6.73. The number of fused-ring (bicyclic) bond motifs is 1. The van der Waals surface area contributed by atoms with Gasteiger partial charge < -0.3 is 5.73 Å². The monoisotopic (exact) mass is 335 g/mol. The van der Waals surface area contributed by atoms with Crippen molar-refractivity contribution in [3.8, 4) is 11.3 Å². The van der Waals surface area contributed by atoms with Crippen LogP contribution in [0.25, 0.3) is 22.3 Å². The van der Waals surface area contributed by atoms with E-state index in [-0.39, 0.29) is 5.54 Å². The molecule has 114 valence electrons. The Morgan fingerprint density at radius 3 is 2.27 bits per heavy atom. The number of aromatic nitrogens is 4. The van der Waals surface area contributed by atoms with Gasteiger partial charge in [0.1, 0.15) is 17.8 Å². The minimum atomic E-state index is -0.250. The molecule has 5 nitrogen and oxygen atoms in total. The summed E-state index contributed by atoms with van der Waals surface area (Å²) in [5, 5.41) is 6.47. The van der Waals surface area contributed by atoms with Crippen molar-refractivity contribution in [1.82, 2.24) is 19.7 Å². The lowest BCUT2D eigenvalue weighted by Gasteiger charge is -2.19. The first-order valence-corrected chi connectivity index (χ1v) is 7.49. The molecular weight excluding hydrogens is 321 g/mol. The molecule has 3 rings (SSSR count). The van der Waals surface area contributed by atoms with Crippen molar-refractivity contribution in [1.29, 1.82) is 0 Å². The fourth-order valence-electron chi connectivity index (χ4n) is 2.33. The number of nitrogens with two attached hydrogens (primary N) is 1. The molecule has 0 aliphatic heterocycles. The summed E-state index contributed by atoms with van der Waals surface area (Å²) < 4.78 is 1.84. The Labute approximate surface area is 138 Å². The van der Waals surface area contributed by atoms with Crippen LogP contribution in [0.15, 0.2) is 24.5 Å². The molecule has 2 aromatic heterocycles. The Hall–Kier alpha value is -1.85. The van der Waals surface area contributed by atoms with E-state index in [1.165, 1.54) is 6.33 Å². The van der Waals surface area contributed by atoms with E-state index >= 15 is 0 Å². The Morgan fingerprint density at radius 1 is 1.05 bits per heavy atom. The van der Waals surface area contributed by atoms with Gasteiger partial charge in [0, 0.05) is 15.6 Å². The highest BCUT2D eigenvalue weighted by atomic mass is 35.5. The summed E-state index contributed by atoms with van der Waals surface area (Å²) in [6.45, 7) is 6.14. The molecule has 0 spiro atoms. The number of nitrogens with zero attached hydrogens (tertiary/aromatic N) is 4. The van der Waals surface area contributed by atoms with Crippen molar-refractivity contribution in [3.05, 3.63) is 34.6 Å². The van der Waals surface area contributed by atoms with Crippen LogP contribution in [0.5, 0.6) is 0 Å². The van der Waals surface area contributed by atoms with Gasteiger partial charge in [-0.15, -0.1) is 0 Å². The van der Waals surface area contributed by atoms with E-state index in [0.29, 0.717) is 32.6 Å². The smallest absolute Gasteiger partial charge is 0.164 e. The zero-order valence-electron chi connectivity index (χ0n) is 12.4. The predicted octanol–water partition coefficient (Wildman–Crippen LogP) is 4.14. The molecular formula is C15H15Cl2N5. The maximum atomic E-state index is 6.11. The van der Waals surface area contributed by atoms with E-state index in [4.69, 9.17) is 34.0 Å². The SMILES string of the molecule is CC(C)(C)n1nc(-c2cc(Cl)cc(Cl)c2)c2c(N)ncnc21. The summed E-state index contributed by atoms with van der Waals surface area (Å²) in [6, 6.07) is 5.28. The van der Waals surface area contributed by atoms with E-state index in [1.54, 1.807) is 18.2 Å². The van der Waals surface area contributed by atoms with E-state index in [0.717, 1.165) is 5.56 Å². The van der Waals surface area contributed by atoms with Gasteiger partial charge in [0.2, 0.25) is 0 Å². The van der Waals surface area contributed by atoms with Crippen molar-refractivity contribution in [2.24, 2.45) is 0 Å². The zero-order valence-corrected chi connectivity index (χ0v) is 13.9. The molecule has 0 aliphatic carbocycles. The van der Waals surface area contributed by atoms with Gasteiger partial charge in [-0.2, -0.15) is 5.10 Å². The van der Waals surface area contributed by atoms with Crippen LogP contribution in [-0.4, -0.2) is 19.7 Å². The number of hydrogen-bond acceptors (Lipinski definition) is 4. The first kappa shape index (κ1) is 15.1. The summed E-state index contributed by atoms with van der Waals surface area (Å²) in [5.74, 6) is 0.381. The molecule has 2 heterocycles. The van der Waals surface area contributed by atoms with Crippen LogP contribution in [0.4, 0.5) is 5.82 Å². The van der Waals surface area contributed by atoms with Gasteiger partial charge in [0.05, 0.1) is 10.9 Å². The molecule has 0 saturated heterocycles. The number of halogens is 2. The number of benzene rings is 1. The fourth-order valence-corrected chi connectivity index (χ4v) is 2.86. The quantitative estimate of drug-likeness (QED) is 0.725. The number of rotatable bonds is 1. The van der Waals surface area contributed by atoms with Gasteiger partial charge in [-0.1, -0.05) is 23.2 Å². The number of nitrogen functional groups attached to an aromatic ring is 1. The van der Waals surface area contributed by atoms with Crippen LogP contribution in [-0.2, 0) is 5.54 Å². The second kappa shape index (κ2) is 5.11. The highest BCUT2D eigenvalue weighted by Gasteiger charge is 2.24. The van der Waals surface area contributed by atoms with Crippen LogP contribution in [0.1, 0.15) is 20.8 Å². The highest BCUT2D eigenvalue weighted by Crippen LogP contribution is 2.35. The molecule has 0 fully saturated rings. The van der Waals surface area contributed by atoms with Crippen LogP contribution < -0.4 is 5.73 Å². The van der Waals surface area contributed by atoms with E-state index in [2.05, 4.69) is 9.97 Å². The van der Waals surface area contributed by atoms with E-state index < -0.39 is 0 Å². The first-order chi connectivity index (χ1) is 10.3. The second-order valence-electron chi connectivity index (χ2n) is 6.05. The molecule has 3 aromatic rings. The van der Waals surface area contributed by atoms with Crippen molar-refractivity contribution >= 4 is 40.1 Å². The van der Waals surface area contributed by atoms with E-state index in [1.807, 2.05) is 25.5 Å². The van der Waals surface area contributed by atoms with Crippen molar-refractivity contribution in [2.45, 2.75) is 26.3 Å². The predicted molar refractivity (Wildman–Crippen MR) is 90.2 cm³/mol. The molecule has 0 atom stereocenters. The van der Waals surface area contributed by atoms with Gasteiger partial charge in [-0.05, 0) is 39.0 Å². The van der Waals surface area contributed by atoms with Gasteiger partial charge >= 0.3 is 0 Å². The van der Waals surface area contributed by atoms with Gasteiger partial charge in [-0.25, -0.2) is 14.6 Å². The maximum Gasteiger partial charge on any atom is 0.164 e. The summed E-state index contributed by atoms with van der Waals surface area (Å²) in [5.41, 5.74) is 7.95.